The molecule has 1 fully saturated rings. The van der Waals surface area contributed by atoms with Gasteiger partial charge in [-0.3, -0.25) is 0 Å². The Morgan fingerprint density at radius 3 is 2.83 bits per heavy atom. The lowest BCUT2D eigenvalue weighted by Crippen LogP contribution is -2.29. The minimum Gasteiger partial charge on any atom is -0.464 e. The molecule has 7 heteroatoms. The first-order valence-corrected chi connectivity index (χ1v) is 6.30. The van der Waals surface area contributed by atoms with Crippen LogP contribution in [0, 0.1) is 11.3 Å². The zero-order chi connectivity index (χ0) is 13.0. The zero-order valence-corrected chi connectivity index (χ0v) is 10.9. The molecular weight excluding hydrogens is 254 g/mol. The van der Waals surface area contributed by atoms with E-state index in [1.165, 1.54) is 0 Å². The molecule has 0 amide bonds. The Balaban J connectivity index is 2.20. The lowest BCUT2D eigenvalue weighted by Gasteiger charge is -2.21. The van der Waals surface area contributed by atoms with Crippen molar-refractivity contribution in [2.75, 3.05) is 18.1 Å². The predicted molar refractivity (Wildman–Crippen MR) is 66.6 cm³/mol. The minimum atomic E-state index is 0.117. The van der Waals surface area contributed by atoms with Crippen molar-refractivity contribution in [3.63, 3.8) is 0 Å². The van der Waals surface area contributed by atoms with E-state index in [0.29, 0.717) is 31.6 Å². The quantitative estimate of drug-likeness (QED) is 0.782. The van der Waals surface area contributed by atoms with E-state index in [2.05, 4.69) is 21.0 Å². The van der Waals surface area contributed by atoms with Crippen molar-refractivity contribution < 1.29 is 4.74 Å². The van der Waals surface area contributed by atoms with E-state index in [0.717, 1.165) is 12.8 Å². The van der Waals surface area contributed by atoms with Gasteiger partial charge in [0.1, 0.15) is 0 Å². The van der Waals surface area contributed by atoms with Crippen molar-refractivity contribution in [2.45, 2.75) is 32.2 Å². The summed E-state index contributed by atoms with van der Waals surface area (Å²) in [6.07, 6.45) is 2.63. The molecule has 1 aromatic heterocycles. The van der Waals surface area contributed by atoms with E-state index < -0.39 is 0 Å². The maximum Gasteiger partial charge on any atom is 0.322 e. The molecule has 0 unspecified atom stereocenters. The van der Waals surface area contributed by atoms with Gasteiger partial charge in [0.25, 0.3) is 0 Å². The fourth-order valence-electron chi connectivity index (χ4n) is 1.65. The number of hydrogen-bond acceptors (Lipinski definition) is 6. The lowest BCUT2D eigenvalue weighted by atomic mass is 10.4. The summed E-state index contributed by atoms with van der Waals surface area (Å²) in [4.78, 5) is 14.2. The van der Waals surface area contributed by atoms with Gasteiger partial charge in [0.2, 0.25) is 11.2 Å². The Morgan fingerprint density at radius 1 is 1.44 bits per heavy atom. The Labute approximate surface area is 111 Å². The van der Waals surface area contributed by atoms with E-state index >= 15 is 0 Å². The Morgan fingerprint density at radius 2 is 2.22 bits per heavy atom. The van der Waals surface area contributed by atoms with Crippen LogP contribution in [0.3, 0.4) is 0 Å². The average molecular weight is 268 g/mol. The number of aromatic nitrogens is 3. The third kappa shape index (κ3) is 3.20. The molecule has 0 N–H and O–H groups in total. The third-order valence-corrected chi connectivity index (χ3v) is 2.73. The largest absolute Gasteiger partial charge is 0.464 e. The van der Waals surface area contributed by atoms with Crippen LogP contribution in [0.25, 0.3) is 0 Å². The number of hydrogen-bond donors (Lipinski definition) is 0. The molecule has 0 bridgehead atoms. The second-order valence-electron chi connectivity index (χ2n) is 3.95. The van der Waals surface area contributed by atoms with Crippen LogP contribution in [0.5, 0.6) is 6.01 Å². The standard InChI is InChI=1S/C11H14ClN5O/c1-2-18-11-15-9(12)14-10(16-11)17(7-3-6-13)8-4-5-8/h8H,2-5,7H2,1H3. The van der Waals surface area contributed by atoms with Crippen LogP contribution >= 0.6 is 11.6 Å². The fraction of sp³-hybridized carbons (Fsp3) is 0.636. The number of nitriles is 1. The molecule has 0 radical (unpaired) electrons. The van der Waals surface area contributed by atoms with Crippen molar-refractivity contribution >= 4 is 17.5 Å². The molecule has 1 heterocycles. The van der Waals surface area contributed by atoms with E-state index in [9.17, 15) is 0 Å². The molecule has 1 aliphatic carbocycles. The molecule has 96 valence electrons. The monoisotopic (exact) mass is 267 g/mol. The SMILES string of the molecule is CCOc1nc(Cl)nc(N(CCC#N)C2CC2)n1. The molecule has 0 saturated heterocycles. The maximum absolute atomic E-state index is 8.68. The van der Waals surface area contributed by atoms with Gasteiger partial charge in [0, 0.05) is 12.6 Å². The van der Waals surface area contributed by atoms with Crippen LogP contribution in [0.15, 0.2) is 0 Å². The van der Waals surface area contributed by atoms with Gasteiger partial charge < -0.3 is 9.64 Å². The predicted octanol–water partition coefficient (Wildman–Crippen LogP) is 1.81. The van der Waals surface area contributed by atoms with Gasteiger partial charge in [-0.05, 0) is 31.4 Å². The summed E-state index contributed by atoms with van der Waals surface area (Å²) in [7, 11) is 0. The van der Waals surface area contributed by atoms with Crippen LogP contribution in [-0.2, 0) is 0 Å². The van der Waals surface area contributed by atoms with E-state index in [4.69, 9.17) is 21.6 Å². The summed E-state index contributed by atoms with van der Waals surface area (Å²) in [5.41, 5.74) is 0. The van der Waals surface area contributed by atoms with E-state index in [1.54, 1.807) is 0 Å². The van der Waals surface area contributed by atoms with Crippen molar-refractivity contribution in [2.24, 2.45) is 0 Å². The summed E-state index contributed by atoms with van der Waals surface area (Å²) in [5, 5.41) is 8.79. The van der Waals surface area contributed by atoms with Gasteiger partial charge in [-0.1, -0.05) is 0 Å². The number of nitrogens with zero attached hydrogens (tertiary/aromatic N) is 5. The molecular formula is C11H14ClN5O. The van der Waals surface area contributed by atoms with E-state index in [1.807, 2.05) is 11.8 Å². The highest BCUT2D eigenvalue weighted by Gasteiger charge is 2.31. The maximum atomic E-state index is 8.68. The molecule has 18 heavy (non-hydrogen) atoms. The van der Waals surface area contributed by atoms with Crippen LogP contribution in [0.4, 0.5) is 5.95 Å². The molecule has 0 spiro atoms. The van der Waals surface area contributed by atoms with Gasteiger partial charge >= 0.3 is 6.01 Å². The van der Waals surface area contributed by atoms with Gasteiger partial charge in [-0.15, -0.1) is 0 Å². The highest BCUT2D eigenvalue weighted by atomic mass is 35.5. The van der Waals surface area contributed by atoms with Crippen LogP contribution < -0.4 is 9.64 Å². The second kappa shape index (κ2) is 5.83. The van der Waals surface area contributed by atoms with Crippen LogP contribution in [0.1, 0.15) is 26.2 Å². The summed E-state index contributed by atoms with van der Waals surface area (Å²) in [5.74, 6) is 0.496. The van der Waals surface area contributed by atoms with Gasteiger partial charge in [0.15, 0.2) is 0 Å². The highest BCUT2D eigenvalue weighted by molar-refractivity contribution is 6.28. The second-order valence-corrected chi connectivity index (χ2v) is 4.29. The van der Waals surface area contributed by atoms with Crippen LogP contribution in [0.2, 0.25) is 5.28 Å². The first-order valence-electron chi connectivity index (χ1n) is 5.92. The normalized spacial score (nSPS) is 14.1. The average Bonchev–Trinajstić information content (AvgIpc) is 3.14. The van der Waals surface area contributed by atoms with Crippen molar-refractivity contribution in [1.82, 2.24) is 15.0 Å². The molecule has 0 aromatic carbocycles. The number of rotatable bonds is 6. The molecule has 1 aromatic rings. The topological polar surface area (TPSA) is 74.9 Å². The number of anilines is 1. The fourth-order valence-corrected chi connectivity index (χ4v) is 1.79. The summed E-state index contributed by atoms with van der Waals surface area (Å²) < 4.78 is 5.24. The summed E-state index contributed by atoms with van der Waals surface area (Å²) >= 11 is 5.86. The molecule has 2 rings (SSSR count). The Hall–Kier alpha value is -1.61. The Bertz CT molecular complexity index is 457. The Kier molecular flexibility index (Phi) is 4.15. The van der Waals surface area contributed by atoms with Gasteiger partial charge in [0.05, 0.1) is 19.1 Å². The summed E-state index contributed by atoms with van der Waals surface area (Å²) in [6, 6.07) is 2.77. The minimum absolute atomic E-state index is 0.117. The van der Waals surface area contributed by atoms with Gasteiger partial charge in [-0.2, -0.15) is 20.2 Å². The van der Waals surface area contributed by atoms with Crippen molar-refractivity contribution in [1.29, 1.82) is 5.26 Å². The smallest absolute Gasteiger partial charge is 0.322 e. The third-order valence-electron chi connectivity index (χ3n) is 2.56. The zero-order valence-electron chi connectivity index (χ0n) is 10.1. The highest BCUT2D eigenvalue weighted by Crippen LogP contribution is 2.30. The molecule has 1 saturated carbocycles. The first-order chi connectivity index (χ1) is 8.74. The lowest BCUT2D eigenvalue weighted by molar-refractivity contribution is 0.311. The number of halogens is 1. The molecule has 6 nitrogen and oxygen atoms in total. The molecule has 0 atom stereocenters. The van der Waals surface area contributed by atoms with Crippen molar-refractivity contribution in [3.8, 4) is 12.1 Å². The first kappa shape index (κ1) is 12.8. The summed E-state index contributed by atoms with van der Waals surface area (Å²) in [6.45, 7) is 2.93. The van der Waals surface area contributed by atoms with E-state index in [-0.39, 0.29) is 11.3 Å². The molecule has 1 aliphatic rings. The van der Waals surface area contributed by atoms with Crippen molar-refractivity contribution in [3.05, 3.63) is 5.28 Å². The molecule has 0 aliphatic heterocycles. The van der Waals surface area contributed by atoms with Crippen LogP contribution in [-0.4, -0.2) is 34.1 Å². The van der Waals surface area contributed by atoms with Gasteiger partial charge in [-0.25, -0.2) is 0 Å². The number of ether oxygens (including phenoxy) is 1.